The summed E-state index contributed by atoms with van der Waals surface area (Å²) in [5.41, 5.74) is 1.09. The van der Waals surface area contributed by atoms with E-state index >= 15 is 0 Å². The highest BCUT2D eigenvalue weighted by molar-refractivity contribution is 14.1. The predicted molar refractivity (Wildman–Crippen MR) is 45.5 cm³/mol. The maximum atomic E-state index is 8.87. The molecule has 0 rings (SSSR count). The van der Waals surface area contributed by atoms with E-state index in [1.807, 2.05) is 11.0 Å². The zero-order chi connectivity index (χ0) is 7.28. The Balaban J connectivity index is 3.47. The van der Waals surface area contributed by atoms with Crippen LogP contribution < -0.4 is 0 Å². The highest BCUT2D eigenvalue weighted by atomic mass is 127. The van der Waals surface area contributed by atoms with Crippen molar-refractivity contribution in [3.63, 3.8) is 0 Å². The summed E-state index contributed by atoms with van der Waals surface area (Å²) in [6, 6.07) is 0. The average Bonchev–Trinajstić information content (AvgIpc) is 1.87. The molecule has 0 aromatic carbocycles. The van der Waals surface area contributed by atoms with Crippen molar-refractivity contribution < 1.29 is 10.2 Å². The molecule has 2 nitrogen and oxygen atoms in total. The number of aliphatic hydroxyl groups is 2. The van der Waals surface area contributed by atoms with Crippen LogP contribution in [0.25, 0.3) is 0 Å². The molecule has 0 unspecified atom stereocenters. The van der Waals surface area contributed by atoms with Gasteiger partial charge in [-0.3, -0.25) is 0 Å². The zero-order valence-corrected chi connectivity index (χ0v) is 7.50. The minimum Gasteiger partial charge on any atom is -0.394 e. The topological polar surface area (TPSA) is 40.5 Å². The summed E-state index contributed by atoms with van der Waals surface area (Å²) in [6.45, 7) is 1.77. The van der Waals surface area contributed by atoms with Crippen molar-refractivity contribution in [2.75, 3.05) is 6.61 Å². The van der Waals surface area contributed by atoms with E-state index in [0.717, 1.165) is 5.57 Å². The Morgan fingerprint density at radius 3 is 2.67 bits per heavy atom. The lowest BCUT2D eigenvalue weighted by Crippen LogP contribution is -2.11. The molecule has 3 heteroatoms. The number of hydrogen-bond acceptors (Lipinski definition) is 2. The molecule has 0 aliphatic carbocycles. The van der Waals surface area contributed by atoms with E-state index in [4.69, 9.17) is 10.2 Å². The molecule has 0 radical (unpaired) electrons. The van der Waals surface area contributed by atoms with Gasteiger partial charge in [-0.1, -0.05) is 28.2 Å². The second-order valence-corrected chi connectivity index (χ2v) is 2.62. The van der Waals surface area contributed by atoms with E-state index in [-0.39, 0.29) is 6.61 Å². The SMILES string of the molecule is C/C(=C\I)C[C@@H](O)CO. The van der Waals surface area contributed by atoms with E-state index in [0.29, 0.717) is 6.42 Å². The summed E-state index contributed by atoms with van der Waals surface area (Å²) in [6.07, 6.45) is -0.0181. The highest BCUT2D eigenvalue weighted by Crippen LogP contribution is 2.05. The van der Waals surface area contributed by atoms with Crippen molar-refractivity contribution in [1.29, 1.82) is 0 Å². The third-order valence-corrected chi connectivity index (χ3v) is 2.02. The van der Waals surface area contributed by atoms with E-state index in [9.17, 15) is 0 Å². The van der Waals surface area contributed by atoms with E-state index in [1.54, 1.807) is 0 Å². The lowest BCUT2D eigenvalue weighted by atomic mass is 10.2. The lowest BCUT2D eigenvalue weighted by Gasteiger charge is -2.04. The van der Waals surface area contributed by atoms with E-state index in [2.05, 4.69) is 22.6 Å². The minimum absolute atomic E-state index is 0.151. The molecular formula is C6H11IO2. The zero-order valence-electron chi connectivity index (χ0n) is 5.34. The summed E-state index contributed by atoms with van der Waals surface area (Å²) in [4.78, 5) is 0. The average molecular weight is 242 g/mol. The van der Waals surface area contributed by atoms with Gasteiger partial charge in [-0.25, -0.2) is 0 Å². The minimum atomic E-state index is -0.587. The number of halogens is 1. The first-order chi connectivity index (χ1) is 4.20. The Kier molecular flexibility index (Phi) is 5.42. The van der Waals surface area contributed by atoms with Crippen LogP contribution in [-0.2, 0) is 0 Å². The molecule has 0 saturated heterocycles. The molecule has 1 atom stereocenters. The van der Waals surface area contributed by atoms with Gasteiger partial charge in [0, 0.05) is 0 Å². The molecule has 2 N–H and O–H groups in total. The van der Waals surface area contributed by atoms with Crippen molar-refractivity contribution in [3.05, 3.63) is 9.66 Å². The molecule has 0 bridgehead atoms. The van der Waals surface area contributed by atoms with Crippen molar-refractivity contribution in [1.82, 2.24) is 0 Å². The Morgan fingerprint density at radius 2 is 2.33 bits per heavy atom. The Morgan fingerprint density at radius 1 is 1.78 bits per heavy atom. The standard InChI is InChI=1S/C6H11IO2/c1-5(3-7)2-6(9)4-8/h3,6,8-9H,2,4H2,1H3/b5-3+/t6-/m1/s1. The second kappa shape index (κ2) is 5.20. The number of rotatable bonds is 3. The first kappa shape index (κ1) is 9.39. The van der Waals surface area contributed by atoms with Gasteiger partial charge in [0.25, 0.3) is 0 Å². The van der Waals surface area contributed by atoms with Gasteiger partial charge in [0.05, 0.1) is 12.7 Å². The maximum absolute atomic E-state index is 8.87. The number of aliphatic hydroxyl groups excluding tert-OH is 2. The van der Waals surface area contributed by atoms with E-state index in [1.165, 1.54) is 0 Å². The summed E-state index contributed by atoms with van der Waals surface area (Å²) in [7, 11) is 0. The fraction of sp³-hybridized carbons (Fsp3) is 0.667. The highest BCUT2D eigenvalue weighted by Gasteiger charge is 2.00. The maximum Gasteiger partial charge on any atom is 0.0808 e. The van der Waals surface area contributed by atoms with Crippen LogP contribution in [0.4, 0.5) is 0 Å². The van der Waals surface area contributed by atoms with Crippen LogP contribution in [0.1, 0.15) is 13.3 Å². The Labute approximate surface area is 68.7 Å². The lowest BCUT2D eigenvalue weighted by molar-refractivity contribution is 0.0955. The van der Waals surface area contributed by atoms with Gasteiger partial charge in [-0.2, -0.15) is 0 Å². The van der Waals surface area contributed by atoms with Gasteiger partial charge in [-0.15, -0.1) is 0 Å². The van der Waals surface area contributed by atoms with Crippen LogP contribution in [-0.4, -0.2) is 22.9 Å². The summed E-state index contributed by atoms with van der Waals surface area (Å²) in [5.74, 6) is 0. The van der Waals surface area contributed by atoms with Gasteiger partial charge in [0.2, 0.25) is 0 Å². The number of hydrogen-bond donors (Lipinski definition) is 2. The monoisotopic (exact) mass is 242 g/mol. The molecule has 0 aliphatic rings. The predicted octanol–water partition coefficient (Wildman–Crippen LogP) is 1.07. The summed E-state index contributed by atoms with van der Waals surface area (Å²) < 4.78 is 1.90. The molecule has 0 saturated carbocycles. The Bertz CT molecular complexity index is 101. The first-order valence-corrected chi connectivity index (χ1v) is 4.00. The van der Waals surface area contributed by atoms with Crippen molar-refractivity contribution >= 4 is 22.6 Å². The van der Waals surface area contributed by atoms with E-state index < -0.39 is 6.10 Å². The molecule has 0 aromatic heterocycles. The molecule has 0 heterocycles. The van der Waals surface area contributed by atoms with Crippen molar-refractivity contribution in [2.45, 2.75) is 19.4 Å². The molecule has 0 aromatic rings. The summed E-state index contributed by atoms with van der Waals surface area (Å²) in [5, 5.41) is 17.3. The second-order valence-electron chi connectivity index (χ2n) is 2.00. The van der Waals surface area contributed by atoms with Crippen LogP contribution in [0.5, 0.6) is 0 Å². The largest absolute Gasteiger partial charge is 0.394 e. The van der Waals surface area contributed by atoms with Crippen LogP contribution in [0.15, 0.2) is 9.66 Å². The van der Waals surface area contributed by atoms with Crippen LogP contribution in [0.2, 0.25) is 0 Å². The van der Waals surface area contributed by atoms with Gasteiger partial charge >= 0.3 is 0 Å². The van der Waals surface area contributed by atoms with Gasteiger partial charge in [0.15, 0.2) is 0 Å². The molecule has 54 valence electrons. The summed E-state index contributed by atoms with van der Waals surface area (Å²) >= 11 is 2.11. The quantitative estimate of drug-likeness (QED) is 0.726. The van der Waals surface area contributed by atoms with Crippen LogP contribution in [0, 0.1) is 0 Å². The Hall–Kier alpha value is 0.390. The fourth-order valence-corrected chi connectivity index (χ4v) is 0.735. The van der Waals surface area contributed by atoms with Crippen LogP contribution >= 0.6 is 22.6 Å². The van der Waals surface area contributed by atoms with Crippen LogP contribution in [0.3, 0.4) is 0 Å². The fourth-order valence-electron chi connectivity index (χ4n) is 0.481. The molecule has 0 aliphatic heterocycles. The molecule has 0 spiro atoms. The molecular weight excluding hydrogens is 231 g/mol. The molecule has 0 fully saturated rings. The smallest absolute Gasteiger partial charge is 0.0808 e. The normalized spacial score (nSPS) is 15.8. The molecule has 0 amide bonds. The van der Waals surface area contributed by atoms with Gasteiger partial charge < -0.3 is 10.2 Å². The van der Waals surface area contributed by atoms with Gasteiger partial charge in [0.1, 0.15) is 0 Å². The third-order valence-electron chi connectivity index (χ3n) is 0.955. The van der Waals surface area contributed by atoms with Crippen molar-refractivity contribution in [3.8, 4) is 0 Å². The van der Waals surface area contributed by atoms with Gasteiger partial charge in [-0.05, 0) is 17.4 Å². The first-order valence-electron chi connectivity index (χ1n) is 2.75. The molecule has 9 heavy (non-hydrogen) atoms. The third kappa shape index (κ3) is 4.87. The van der Waals surface area contributed by atoms with Crippen molar-refractivity contribution in [2.24, 2.45) is 0 Å².